The average molecular weight is 431 g/mol. The Bertz CT molecular complexity index is 996. The zero-order chi connectivity index (χ0) is 20.2. The first-order valence-corrected chi connectivity index (χ1v) is 11.1. The average Bonchev–Trinajstić information content (AvgIpc) is 3.40. The summed E-state index contributed by atoms with van der Waals surface area (Å²) in [5.41, 5.74) is 0.649. The van der Waals surface area contributed by atoms with Gasteiger partial charge in [0.2, 0.25) is 5.91 Å². The largest absolute Gasteiger partial charge is 0.490 e. The summed E-state index contributed by atoms with van der Waals surface area (Å²) < 4.78 is 8.00. The van der Waals surface area contributed by atoms with Crippen molar-refractivity contribution in [1.82, 2.24) is 24.7 Å². The molecule has 1 saturated carbocycles. The van der Waals surface area contributed by atoms with Crippen molar-refractivity contribution in [2.45, 2.75) is 55.3 Å². The molecule has 1 aliphatic carbocycles. The molecule has 3 aromatic rings. The van der Waals surface area contributed by atoms with E-state index < -0.39 is 0 Å². The maximum Gasteiger partial charge on any atom is 0.232 e. The minimum Gasteiger partial charge on any atom is -0.490 e. The van der Waals surface area contributed by atoms with Crippen LogP contribution in [0.2, 0.25) is 0 Å². The van der Waals surface area contributed by atoms with E-state index in [9.17, 15) is 4.79 Å². The van der Waals surface area contributed by atoms with Crippen molar-refractivity contribution in [1.29, 1.82) is 0 Å². The lowest BCUT2D eigenvalue weighted by molar-refractivity contribution is -0.115. The summed E-state index contributed by atoms with van der Waals surface area (Å²) in [6.07, 6.45) is 8.27. The molecule has 0 bridgehead atoms. The van der Waals surface area contributed by atoms with Crippen LogP contribution in [0.1, 0.15) is 36.3 Å². The van der Waals surface area contributed by atoms with Crippen LogP contribution < -0.4 is 10.1 Å². The Balaban J connectivity index is 1.52. The Labute approximate surface area is 177 Å². The van der Waals surface area contributed by atoms with Gasteiger partial charge in [-0.15, -0.1) is 21.5 Å². The van der Waals surface area contributed by atoms with Crippen LogP contribution >= 0.6 is 23.1 Å². The Morgan fingerprint density at radius 1 is 1.38 bits per heavy atom. The third kappa shape index (κ3) is 5.33. The predicted molar refractivity (Wildman–Crippen MR) is 111 cm³/mol. The van der Waals surface area contributed by atoms with Gasteiger partial charge < -0.3 is 14.6 Å². The highest BCUT2D eigenvalue weighted by Gasteiger charge is 2.18. The maximum atomic E-state index is 12.5. The van der Waals surface area contributed by atoms with Gasteiger partial charge in [0, 0.05) is 30.3 Å². The number of carbonyl (C=O) groups is 1. The Morgan fingerprint density at radius 2 is 2.21 bits per heavy atom. The highest BCUT2D eigenvalue weighted by atomic mass is 32.2. The fourth-order valence-corrected chi connectivity index (χ4v) is 4.63. The number of nitrogens with zero attached hydrogens (tertiary/aromatic N) is 5. The maximum absolute atomic E-state index is 12.5. The number of hydrogen-bond donors (Lipinski definition) is 1. The van der Waals surface area contributed by atoms with Gasteiger partial charge in [-0.2, -0.15) is 0 Å². The lowest BCUT2D eigenvalue weighted by atomic mass is 10.2. The van der Waals surface area contributed by atoms with Crippen molar-refractivity contribution in [3.63, 3.8) is 0 Å². The van der Waals surface area contributed by atoms with Gasteiger partial charge in [0.25, 0.3) is 0 Å². The fourth-order valence-electron chi connectivity index (χ4n) is 3.14. The molecule has 0 spiro atoms. The van der Waals surface area contributed by atoms with Gasteiger partial charge in [-0.25, -0.2) is 9.97 Å². The minimum atomic E-state index is -0.153. The zero-order valence-electron chi connectivity index (χ0n) is 16.3. The van der Waals surface area contributed by atoms with Crippen molar-refractivity contribution in [3.05, 3.63) is 35.2 Å². The summed E-state index contributed by atoms with van der Waals surface area (Å²) in [4.78, 5) is 22.3. The van der Waals surface area contributed by atoms with Crippen molar-refractivity contribution in [2.75, 3.05) is 5.32 Å². The van der Waals surface area contributed by atoms with Crippen LogP contribution in [0.15, 0.2) is 34.8 Å². The highest BCUT2D eigenvalue weighted by molar-refractivity contribution is 7.99. The molecular weight excluding hydrogens is 408 g/mol. The molecule has 8 nitrogen and oxygen atoms in total. The van der Waals surface area contributed by atoms with E-state index in [4.69, 9.17) is 4.74 Å². The van der Waals surface area contributed by atoms with Crippen LogP contribution in [-0.2, 0) is 18.3 Å². The Morgan fingerprint density at radius 3 is 2.90 bits per heavy atom. The Kier molecular flexibility index (Phi) is 6.10. The molecule has 1 fully saturated rings. The summed E-state index contributed by atoms with van der Waals surface area (Å²) in [6.45, 7) is 1.95. The summed E-state index contributed by atoms with van der Waals surface area (Å²) in [5.74, 6) is 0.587. The summed E-state index contributed by atoms with van der Waals surface area (Å²) in [5, 5.41) is 12.9. The zero-order valence-corrected chi connectivity index (χ0v) is 17.9. The van der Waals surface area contributed by atoms with E-state index in [2.05, 4.69) is 25.5 Å². The van der Waals surface area contributed by atoms with Crippen LogP contribution in [0.4, 0.5) is 5.13 Å². The number of aryl methyl sites for hydroxylation is 2. The molecule has 1 amide bonds. The molecule has 0 radical (unpaired) electrons. The second-order valence-corrected chi connectivity index (χ2v) is 9.21. The van der Waals surface area contributed by atoms with Gasteiger partial charge in [0.15, 0.2) is 10.3 Å². The van der Waals surface area contributed by atoms with E-state index in [-0.39, 0.29) is 18.4 Å². The first-order valence-electron chi connectivity index (χ1n) is 9.47. The molecule has 0 unspecified atom stereocenters. The van der Waals surface area contributed by atoms with Crippen LogP contribution in [0, 0.1) is 6.92 Å². The molecule has 1 aliphatic rings. The lowest BCUT2D eigenvalue weighted by Crippen LogP contribution is -2.16. The number of pyridine rings is 1. The van der Waals surface area contributed by atoms with Crippen LogP contribution in [0.5, 0.6) is 5.75 Å². The normalized spacial score (nSPS) is 14.3. The molecule has 0 aromatic carbocycles. The van der Waals surface area contributed by atoms with E-state index in [1.165, 1.54) is 35.9 Å². The molecule has 4 rings (SSSR count). The minimum absolute atomic E-state index is 0.146. The fraction of sp³-hybridized carbons (Fsp3) is 0.421. The van der Waals surface area contributed by atoms with Crippen LogP contribution in [0.25, 0.3) is 0 Å². The quantitative estimate of drug-likeness (QED) is 0.611. The summed E-state index contributed by atoms with van der Waals surface area (Å²) >= 11 is 2.85. The van der Waals surface area contributed by atoms with Crippen molar-refractivity contribution in [3.8, 4) is 5.75 Å². The Hall–Kier alpha value is -2.46. The number of amides is 1. The molecule has 3 heterocycles. The number of thiazole rings is 1. The number of aromatic nitrogens is 5. The van der Waals surface area contributed by atoms with E-state index in [0.717, 1.165) is 33.7 Å². The molecule has 3 aromatic heterocycles. The molecule has 0 atom stereocenters. The standard InChI is InChI=1S/C19H22N6O2S2/c1-12-10-20-18(28-12)23-16(26)8-13-7-15(27-14-5-3-4-6-14)9-17(22-13)29-19-24-21-11-25(19)2/h7,9-11,14H,3-6,8H2,1-2H3,(H,20,23,26). The number of anilines is 1. The number of carbonyl (C=O) groups excluding carboxylic acids is 1. The smallest absolute Gasteiger partial charge is 0.232 e. The topological polar surface area (TPSA) is 94.8 Å². The molecular formula is C19H22N6O2S2. The van der Waals surface area contributed by atoms with Gasteiger partial charge in [0.05, 0.1) is 18.2 Å². The van der Waals surface area contributed by atoms with E-state index >= 15 is 0 Å². The molecule has 0 aliphatic heterocycles. The van der Waals surface area contributed by atoms with Crippen LogP contribution in [0.3, 0.4) is 0 Å². The molecule has 1 N–H and O–H groups in total. The SMILES string of the molecule is Cc1cnc(NC(=O)Cc2cc(OC3CCCC3)cc(Sc3nncn3C)n2)s1. The third-order valence-corrected chi connectivity index (χ3v) is 6.31. The van der Waals surface area contributed by atoms with Gasteiger partial charge in [0.1, 0.15) is 17.1 Å². The molecule has 152 valence electrons. The first-order chi connectivity index (χ1) is 14.0. The number of rotatable bonds is 7. The third-order valence-electron chi connectivity index (χ3n) is 4.51. The molecule has 29 heavy (non-hydrogen) atoms. The van der Waals surface area contributed by atoms with Crippen molar-refractivity contribution < 1.29 is 9.53 Å². The van der Waals surface area contributed by atoms with E-state index in [1.54, 1.807) is 12.5 Å². The lowest BCUT2D eigenvalue weighted by Gasteiger charge is -2.15. The molecule has 10 heteroatoms. The summed E-state index contributed by atoms with van der Waals surface area (Å²) in [7, 11) is 1.88. The highest BCUT2D eigenvalue weighted by Crippen LogP contribution is 2.30. The van der Waals surface area contributed by atoms with Crippen LogP contribution in [-0.4, -0.2) is 36.7 Å². The van der Waals surface area contributed by atoms with Crippen molar-refractivity contribution in [2.24, 2.45) is 7.05 Å². The number of nitrogens with one attached hydrogen (secondary N) is 1. The van der Waals surface area contributed by atoms with Gasteiger partial charge in [-0.3, -0.25) is 4.79 Å². The first kappa shape index (κ1) is 19.8. The predicted octanol–water partition coefficient (Wildman–Crippen LogP) is 3.63. The van der Waals surface area contributed by atoms with E-state index in [0.29, 0.717) is 10.8 Å². The monoisotopic (exact) mass is 430 g/mol. The van der Waals surface area contributed by atoms with Crippen molar-refractivity contribution >= 4 is 34.1 Å². The summed E-state index contributed by atoms with van der Waals surface area (Å²) in [6, 6.07) is 3.76. The second-order valence-electron chi connectivity index (χ2n) is 6.98. The number of ether oxygens (including phenoxy) is 1. The van der Waals surface area contributed by atoms with Gasteiger partial charge in [-0.05, 0) is 44.4 Å². The number of hydrogen-bond acceptors (Lipinski definition) is 8. The van der Waals surface area contributed by atoms with E-state index in [1.807, 2.05) is 30.7 Å². The molecule has 0 saturated heterocycles. The van der Waals surface area contributed by atoms with Gasteiger partial charge in [-0.1, -0.05) is 0 Å². The van der Waals surface area contributed by atoms with Gasteiger partial charge >= 0.3 is 0 Å². The second kappa shape index (κ2) is 8.91.